The first-order valence-electron chi connectivity index (χ1n) is 8.22. The molecule has 0 aromatic carbocycles. The molecule has 1 N–H and O–H groups in total. The summed E-state index contributed by atoms with van der Waals surface area (Å²) >= 11 is 0. The lowest BCUT2D eigenvalue weighted by Crippen LogP contribution is -2.38. The van der Waals surface area contributed by atoms with Crippen molar-refractivity contribution in [3.63, 3.8) is 0 Å². The van der Waals surface area contributed by atoms with E-state index >= 15 is 0 Å². The van der Waals surface area contributed by atoms with Gasteiger partial charge in [-0.2, -0.15) is 0 Å². The average Bonchev–Trinajstić information content (AvgIpc) is 2.66. The molecule has 1 saturated heterocycles. The Kier molecular flexibility index (Phi) is 8.70. The molecule has 0 spiro atoms. The van der Waals surface area contributed by atoms with Crippen LogP contribution in [0.15, 0.2) is 0 Å². The monoisotopic (exact) mass is 254 g/mol. The molecule has 1 rings (SSSR count). The molecule has 0 amide bonds. The normalized spacial score (nSPS) is 21.5. The fraction of sp³-hybridized carbons (Fsp3) is 1.00. The van der Waals surface area contributed by atoms with Gasteiger partial charge in [-0.1, -0.05) is 40.0 Å². The Labute approximate surface area is 115 Å². The molecule has 1 fully saturated rings. The van der Waals surface area contributed by atoms with Crippen LogP contribution in [-0.4, -0.2) is 37.1 Å². The second-order valence-corrected chi connectivity index (χ2v) is 6.06. The highest BCUT2D eigenvalue weighted by Crippen LogP contribution is 2.12. The van der Waals surface area contributed by atoms with Gasteiger partial charge < -0.3 is 10.2 Å². The predicted octanol–water partition coefficient (Wildman–Crippen LogP) is 3.67. The van der Waals surface area contributed by atoms with Crippen LogP contribution in [-0.2, 0) is 0 Å². The molecule has 2 unspecified atom stereocenters. The van der Waals surface area contributed by atoms with E-state index in [4.69, 9.17) is 0 Å². The maximum absolute atomic E-state index is 3.76. The van der Waals surface area contributed by atoms with Crippen molar-refractivity contribution >= 4 is 0 Å². The van der Waals surface area contributed by atoms with Crippen LogP contribution in [0.4, 0.5) is 0 Å². The number of nitrogens with one attached hydrogen (secondary N) is 1. The molecule has 1 heterocycles. The van der Waals surface area contributed by atoms with Crippen molar-refractivity contribution in [2.75, 3.05) is 26.2 Å². The van der Waals surface area contributed by atoms with Crippen molar-refractivity contribution < 1.29 is 0 Å². The lowest BCUT2D eigenvalue weighted by Gasteiger charge is -2.24. The van der Waals surface area contributed by atoms with Crippen molar-refractivity contribution in [1.29, 1.82) is 0 Å². The summed E-state index contributed by atoms with van der Waals surface area (Å²) in [5, 5.41) is 3.76. The van der Waals surface area contributed by atoms with E-state index in [1.807, 2.05) is 0 Å². The Morgan fingerprint density at radius 2 is 1.67 bits per heavy atom. The summed E-state index contributed by atoms with van der Waals surface area (Å²) in [7, 11) is 0. The number of hydrogen-bond acceptors (Lipinski definition) is 2. The third kappa shape index (κ3) is 6.75. The van der Waals surface area contributed by atoms with Crippen LogP contribution in [0.1, 0.15) is 65.7 Å². The Morgan fingerprint density at radius 3 is 2.22 bits per heavy atom. The van der Waals surface area contributed by atoms with Crippen LogP contribution in [0.3, 0.4) is 0 Å². The van der Waals surface area contributed by atoms with Gasteiger partial charge in [-0.05, 0) is 44.7 Å². The smallest absolute Gasteiger partial charge is 0.0107 e. The van der Waals surface area contributed by atoms with Crippen LogP contribution in [0.25, 0.3) is 0 Å². The minimum atomic E-state index is 0.729. The van der Waals surface area contributed by atoms with E-state index in [-0.39, 0.29) is 0 Å². The zero-order valence-electron chi connectivity index (χ0n) is 12.9. The van der Waals surface area contributed by atoms with Crippen LogP contribution in [0.2, 0.25) is 0 Å². The van der Waals surface area contributed by atoms with E-state index in [9.17, 15) is 0 Å². The zero-order chi connectivity index (χ0) is 13.2. The van der Waals surface area contributed by atoms with Crippen LogP contribution < -0.4 is 5.32 Å². The molecule has 0 aromatic rings. The maximum atomic E-state index is 3.76. The number of hydrogen-bond donors (Lipinski definition) is 1. The van der Waals surface area contributed by atoms with Gasteiger partial charge in [-0.3, -0.25) is 0 Å². The molecular weight excluding hydrogens is 220 g/mol. The molecule has 18 heavy (non-hydrogen) atoms. The third-order valence-electron chi connectivity index (χ3n) is 4.44. The Hall–Kier alpha value is -0.0800. The van der Waals surface area contributed by atoms with Gasteiger partial charge >= 0.3 is 0 Å². The molecule has 1 aliphatic rings. The number of rotatable bonds is 8. The quantitative estimate of drug-likeness (QED) is 0.711. The second kappa shape index (κ2) is 9.80. The summed E-state index contributed by atoms with van der Waals surface area (Å²) in [6.45, 7) is 12.1. The molecule has 0 aromatic heterocycles. The molecule has 0 radical (unpaired) electrons. The third-order valence-corrected chi connectivity index (χ3v) is 4.44. The van der Waals surface area contributed by atoms with E-state index in [0.29, 0.717) is 0 Å². The van der Waals surface area contributed by atoms with E-state index in [1.54, 1.807) is 0 Å². The summed E-state index contributed by atoms with van der Waals surface area (Å²) < 4.78 is 0. The molecular formula is C16H34N2. The standard InChI is InChI=1S/C16H34N2/c1-4-15(3)14-16(5-2)17-10-13-18-11-8-6-7-9-12-18/h15-17H,4-14H2,1-3H3. The molecule has 2 atom stereocenters. The SMILES string of the molecule is CCC(C)CC(CC)NCCN1CCCCCC1. The molecule has 2 nitrogen and oxygen atoms in total. The number of likely N-dealkylation sites (tertiary alicyclic amines) is 1. The molecule has 0 aliphatic carbocycles. The van der Waals surface area contributed by atoms with Crippen LogP contribution in [0, 0.1) is 5.92 Å². The minimum Gasteiger partial charge on any atom is -0.313 e. The Bertz CT molecular complexity index is 186. The van der Waals surface area contributed by atoms with Crippen molar-refractivity contribution in [3.05, 3.63) is 0 Å². The Balaban J connectivity index is 2.13. The molecule has 0 bridgehead atoms. The highest BCUT2D eigenvalue weighted by molar-refractivity contribution is 4.70. The van der Waals surface area contributed by atoms with Crippen LogP contribution >= 0.6 is 0 Å². The van der Waals surface area contributed by atoms with Gasteiger partial charge in [-0.25, -0.2) is 0 Å². The molecule has 2 heteroatoms. The van der Waals surface area contributed by atoms with Gasteiger partial charge in [0.1, 0.15) is 0 Å². The average molecular weight is 254 g/mol. The lowest BCUT2D eigenvalue weighted by atomic mass is 9.98. The van der Waals surface area contributed by atoms with Gasteiger partial charge in [0.2, 0.25) is 0 Å². The highest BCUT2D eigenvalue weighted by atomic mass is 15.1. The van der Waals surface area contributed by atoms with Crippen molar-refractivity contribution in [1.82, 2.24) is 10.2 Å². The van der Waals surface area contributed by atoms with Gasteiger partial charge in [0, 0.05) is 19.1 Å². The summed E-state index contributed by atoms with van der Waals surface area (Å²) in [5.41, 5.74) is 0. The van der Waals surface area contributed by atoms with E-state index in [1.165, 1.54) is 71.1 Å². The predicted molar refractivity (Wildman–Crippen MR) is 81.1 cm³/mol. The number of nitrogens with zero attached hydrogens (tertiary/aromatic N) is 1. The summed E-state index contributed by atoms with van der Waals surface area (Å²) in [6, 6.07) is 0.729. The molecule has 0 saturated carbocycles. The van der Waals surface area contributed by atoms with Crippen molar-refractivity contribution in [3.8, 4) is 0 Å². The van der Waals surface area contributed by atoms with Gasteiger partial charge in [0.15, 0.2) is 0 Å². The minimum absolute atomic E-state index is 0.729. The zero-order valence-corrected chi connectivity index (χ0v) is 12.9. The first-order chi connectivity index (χ1) is 8.76. The van der Waals surface area contributed by atoms with Gasteiger partial charge in [0.05, 0.1) is 0 Å². The maximum Gasteiger partial charge on any atom is 0.0107 e. The van der Waals surface area contributed by atoms with E-state index in [0.717, 1.165) is 12.0 Å². The van der Waals surface area contributed by atoms with E-state index < -0.39 is 0 Å². The first-order valence-corrected chi connectivity index (χ1v) is 8.22. The fourth-order valence-corrected chi connectivity index (χ4v) is 2.83. The van der Waals surface area contributed by atoms with Gasteiger partial charge in [0.25, 0.3) is 0 Å². The highest BCUT2D eigenvalue weighted by Gasteiger charge is 2.11. The Morgan fingerprint density at radius 1 is 1.00 bits per heavy atom. The van der Waals surface area contributed by atoms with Gasteiger partial charge in [-0.15, -0.1) is 0 Å². The lowest BCUT2D eigenvalue weighted by molar-refractivity contribution is 0.272. The summed E-state index contributed by atoms with van der Waals surface area (Å²) in [4.78, 5) is 2.65. The van der Waals surface area contributed by atoms with Crippen molar-refractivity contribution in [2.24, 2.45) is 5.92 Å². The van der Waals surface area contributed by atoms with Crippen LogP contribution in [0.5, 0.6) is 0 Å². The first kappa shape index (κ1) is 16.0. The molecule has 1 aliphatic heterocycles. The topological polar surface area (TPSA) is 15.3 Å². The van der Waals surface area contributed by atoms with E-state index in [2.05, 4.69) is 31.0 Å². The summed E-state index contributed by atoms with van der Waals surface area (Å²) in [5.74, 6) is 0.862. The largest absolute Gasteiger partial charge is 0.313 e. The van der Waals surface area contributed by atoms with Crippen molar-refractivity contribution in [2.45, 2.75) is 71.8 Å². The summed E-state index contributed by atoms with van der Waals surface area (Å²) in [6.07, 6.45) is 9.61. The second-order valence-electron chi connectivity index (χ2n) is 6.06. The molecule has 108 valence electrons. The fourth-order valence-electron chi connectivity index (χ4n) is 2.83.